The summed E-state index contributed by atoms with van der Waals surface area (Å²) in [6.07, 6.45) is 2.79. The summed E-state index contributed by atoms with van der Waals surface area (Å²) in [6, 6.07) is 13.8. The fourth-order valence-electron chi connectivity index (χ4n) is 3.22. The van der Waals surface area contributed by atoms with Crippen LogP contribution >= 0.6 is 0 Å². The Morgan fingerprint density at radius 3 is 2.52 bits per heavy atom. The summed E-state index contributed by atoms with van der Waals surface area (Å²) >= 11 is 0. The molecule has 0 bridgehead atoms. The molecule has 0 amide bonds. The van der Waals surface area contributed by atoms with E-state index < -0.39 is 0 Å². The van der Waals surface area contributed by atoms with Gasteiger partial charge in [-0.15, -0.1) is 6.58 Å². The summed E-state index contributed by atoms with van der Waals surface area (Å²) < 4.78 is 0. The smallest absolute Gasteiger partial charge is 0.157 e. The second-order valence-corrected chi connectivity index (χ2v) is 5.80. The van der Waals surface area contributed by atoms with E-state index in [0.717, 1.165) is 37.2 Å². The average molecular weight is 375 g/mol. The van der Waals surface area contributed by atoms with Gasteiger partial charge in [-0.05, 0) is 35.2 Å². The van der Waals surface area contributed by atoms with Crippen LogP contribution in [0.15, 0.2) is 55.1 Å². The SMILES string of the molecule is C=CCN1CCc2cc(O)c(O)cc2C(c2ccccc2)C1.[Br-]. The molecule has 23 heavy (non-hydrogen) atoms. The summed E-state index contributed by atoms with van der Waals surface area (Å²) in [5.74, 6) is 0.102. The minimum absolute atomic E-state index is 0. The minimum Gasteiger partial charge on any atom is -1.00 e. The van der Waals surface area contributed by atoms with E-state index in [9.17, 15) is 10.2 Å². The molecule has 0 spiro atoms. The molecule has 1 heterocycles. The lowest BCUT2D eigenvalue weighted by Gasteiger charge is -2.24. The highest BCUT2D eigenvalue weighted by atomic mass is 79.9. The highest BCUT2D eigenvalue weighted by molar-refractivity contribution is 5.50. The minimum atomic E-state index is -0.0446. The molecule has 0 aromatic heterocycles. The Hall–Kier alpha value is -1.78. The van der Waals surface area contributed by atoms with Gasteiger partial charge in [-0.25, -0.2) is 0 Å². The van der Waals surface area contributed by atoms with Crippen molar-refractivity contribution < 1.29 is 27.2 Å². The summed E-state index contributed by atoms with van der Waals surface area (Å²) in [7, 11) is 0. The molecule has 1 aliphatic rings. The van der Waals surface area contributed by atoms with Crippen molar-refractivity contribution >= 4 is 0 Å². The molecule has 2 aromatic rings. The van der Waals surface area contributed by atoms with Crippen LogP contribution in [0.1, 0.15) is 22.6 Å². The highest BCUT2D eigenvalue weighted by Gasteiger charge is 2.25. The van der Waals surface area contributed by atoms with Gasteiger partial charge in [0.25, 0.3) is 0 Å². The predicted molar refractivity (Wildman–Crippen MR) is 88.4 cm³/mol. The van der Waals surface area contributed by atoms with Crippen molar-refractivity contribution in [2.75, 3.05) is 19.6 Å². The Morgan fingerprint density at radius 1 is 1.13 bits per heavy atom. The Labute approximate surface area is 147 Å². The van der Waals surface area contributed by atoms with Crippen LogP contribution in [0.4, 0.5) is 0 Å². The van der Waals surface area contributed by atoms with Gasteiger partial charge in [0.2, 0.25) is 0 Å². The van der Waals surface area contributed by atoms with Gasteiger partial charge in [-0.1, -0.05) is 36.4 Å². The molecule has 3 rings (SSSR count). The number of benzene rings is 2. The van der Waals surface area contributed by atoms with Gasteiger partial charge in [0, 0.05) is 25.6 Å². The largest absolute Gasteiger partial charge is 1.00 e. The summed E-state index contributed by atoms with van der Waals surface area (Å²) in [4.78, 5) is 2.36. The van der Waals surface area contributed by atoms with Gasteiger partial charge >= 0.3 is 0 Å². The maximum Gasteiger partial charge on any atom is 0.157 e. The second-order valence-electron chi connectivity index (χ2n) is 5.80. The van der Waals surface area contributed by atoms with Gasteiger partial charge in [0.05, 0.1) is 0 Å². The molecule has 4 heteroatoms. The molecule has 122 valence electrons. The van der Waals surface area contributed by atoms with E-state index in [-0.39, 0.29) is 34.4 Å². The fraction of sp³-hybridized carbons (Fsp3) is 0.263. The number of hydrogen-bond acceptors (Lipinski definition) is 3. The van der Waals surface area contributed by atoms with Crippen LogP contribution in [-0.4, -0.2) is 34.7 Å². The molecule has 2 N–H and O–H groups in total. The first kappa shape index (κ1) is 17.6. The summed E-state index contributed by atoms with van der Waals surface area (Å²) in [5, 5.41) is 19.7. The standard InChI is InChI=1S/C19H21NO2.BrH/c1-2-9-20-10-8-15-11-18(21)19(22)12-16(15)17(13-20)14-6-4-3-5-7-14;/h2-7,11-12,17,21-22H,1,8-10,13H2;1H/p-1. The highest BCUT2D eigenvalue weighted by Crippen LogP contribution is 2.37. The number of phenols is 2. The third-order valence-electron chi connectivity index (χ3n) is 4.34. The quantitative estimate of drug-likeness (QED) is 0.598. The maximum atomic E-state index is 9.92. The van der Waals surface area contributed by atoms with Crippen LogP contribution in [0.2, 0.25) is 0 Å². The van der Waals surface area contributed by atoms with E-state index in [2.05, 4.69) is 23.6 Å². The molecule has 0 saturated carbocycles. The van der Waals surface area contributed by atoms with Crippen molar-refractivity contribution in [3.8, 4) is 11.5 Å². The first-order chi connectivity index (χ1) is 10.7. The molecule has 1 unspecified atom stereocenters. The molecular formula is C19H21BrNO2-. The van der Waals surface area contributed by atoms with E-state index in [1.165, 1.54) is 5.56 Å². The van der Waals surface area contributed by atoms with Crippen molar-refractivity contribution in [2.45, 2.75) is 12.3 Å². The zero-order valence-corrected chi connectivity index (χ0v) is 14.5. The summed E-state index contributed by atoms with van der Waals surface area (Å²) in [5.41, 5.74) is 3.44. The van der Waals surface area contributed by atoms with Crippen molar-refractivity contribution in [3.63, 3.8) is 0 Å². The first-order valence-corrected chi connectivity index (χ1v) is 7.62. The van der Waals surface area contributed by atoms with E-state index in [4.69, 9.17) is 0 Å². The lowest BCUT2D eigenvalue weighted by molar-refractivity contribution is -0.00000619. The first-order valence-electron chi connectivity index (χ1n) is 7.62. The molecule has 0 saturated heterocycles. The van der Waals surface area contributed by atoms with Gasteiger partial charge in [-0.3, -0.25) is 4.90 Å². The molecule has 1 atom stereocenters. The number of rotatable bonds is 3. The Bertz CT molecular complexity index is 673. The van der Waals surface area contributed by atoms with Crippen molar-refractivity contribution in [1.82, 2.24) is 4.90 Å². The molecule has 3 nitrogen and oxygen atoms in total. The third-order valence-corrected chi connectivity index (χ3v) is 4.34. The molecular weight excluding hydrogens is 354 g/mol. The van der Waals surface area contributed by atoms with Gasteiger partial charge in [-0.2, -0.15) is 0 Å². The van der Waals surface area contributed by atoms with Crippen LogP contribution in [0.5, 0.6) is 11.5 Å². The Kier molecular flexibility index (Phi) is 5.85. The third kappa shape index (κ3) is 3.77. The normalized spacial score (nSPS) is 17.7. The number of aromatic hydroxyl groups is 2. The molecule has 2 aromatic carbocycles. The maximum absolute atomic E-state index is 9.92. The number of nitrogens with zero attached hydrogens (tertiary/aromatic N) is 1. The van der Waals surface area contributed by atoms with E-state index in [1.54, 1.807) is 12.1 Å². The fourth-order valence-corrected chi connectivity index (χ4v) is 3.22. The lowest BCUT2D eigenvalue weighted by atomic mass is 9.87. The molecule has 0 radical (unpaired) electrons. The van der Waals surface area contributed by atoms with Gasteiger partial charge < -0.3 is 27.2 Å². The zero-order chi connectivity index (χ0) is 15.5. The topological polar surface area (TPSA) is 43.7 Å². The Balaban J connectivity index is 0.00000192. The monoisotopic (exact) mass is 374 g/mol. The van der Waals surface area contributed by atoms with Crippen LogP contribution in [-0.2, 0) is 6.42 Å². The summed E-state index contributed by atoms with van der Waals surface area (Å²) in [6.45, 7) is 6.49. The zero-order valence-electron chi connectivity index (χ0n) is 13.0. The van der Waals surface area contributed by atoms with E-state index in [1.807, 2.05) is 24.3 Å². The number of fused-ring (bicyclic) bond motifs is 1. The Morgan fingerprint density at radius 2 is 1.83 bits per heavy atom. The van der Waals surface area contributed by atoms with E-state index in [0.29, 0.717) is 0 Å². The predicted octanol–water partition coefficient (Wildman–Crippen LogP) is 0.278. The van der Waals surface area contributed by atoms with Crippen LogP contribution in [0.25, 0.3) is 0 Å². The number of halogens is 1. The van der Waals surface area contributed by atoms with Gasteiger partial charge in [0.1, 0.15) is 0 Å². The molecule has 0 aliphatic carbocycles. The average Bonchev–Trinajstić information content (AvgIpc) is 2.70. The molecule has 1 aliphatic heterocycles. The number of phenolic OH excluding ortho intramolecular Hbond substituents is 2. The molecule has 0 fully saturated rings. The van der Waals surface area contributed by atoms with Crippen molar-refractivity contribution in [1.29, 1.82) is 0 Å². The number of hydrogen-bond donors (Lipinski definition) is 2. The van der Waals surface area contributed by atoms with Crippen molar-refractivity contribution in [2.24, 2.45) is 0 Å². The van der Waals surface area contributed by atoms with E-state index >= 15 is 0 Å². The van der Waals surface area contributed by atoms with Gasteiger partial charge in [0.15, 0.2) is 11.5 Å². The van der Waals surface area contributed by atoms with Crippen molar-refractivity contribution in [3.05, 3.63) is 71.8 Å². The second kappa shape index (κ2) is 7.66. The van der Waals surface area contributed by atoms with Crippen LogP contribution in [0.3, 0.4) is 0 Å². The van der Waals surface area contributed by atoms with Crippen LogP contribution < -0.4 is 17.0 Å². The van der Waals surface area contributed by atoms with Crippen LogP contribution in [0, 0.1) is 0 Å². The lowest BCUT2D eigenvalue weighted by Crippen LogP contribution is -3.00.